The number of ether oxygens (including phenoxy) is 1. The van der Waals surface area contributed by atoms with E-state index in [0.717, 1.165) is 0 Å². The van der Waals surface area contributed by atoms with E-state index in [0.29, 0.717) is 5.56 Å². The Hall–Kier alpha value is -1.06. The van der Waals surface area contributed by atoms with Crippen LogP contribution in [0.2, 0.25) is 0 Å². The van der Waals surface area contributed by atoms with Crippen molar-refractivity contribution in [1.29, 1.82) is 0 Å². The lowest BCUT2D eigenvalue weighted by Gasteiger charge is -2.15. The Bertz CT molecular complexity index is 313. The summed E-state index contributed by atoms with van der Waals surface area (Å²) < 4.78 is 4.47. The quantitative estimate of drug-likeness (QED) is 0.632. The molecule has 0 saturated carbocycles. The molecule has 0 heterocycles. The van der Waals surface area contributed by atoms with Crippen molar-refractivity contribution in [3.63, 3.8) is 0 Å². The maximum atomic E-state index is 10.9. The molecule has 1 rings (SSSR count). The van der Waals surface area contributed by atoms with Crippen LogP contribution in [0, 0.1) is 0 Å². The molecule has 0 aliphatic rings. The maximum absolute atomic E-state index is 10.9. The van der Waals surface area contributed by atoms with Gasteiger partial charge >= 0.3 is 5.97 Å². The molecule has 3 nitrogen and oxygen atoms in total. The highest BCUT2D eigenvalue weighted by atomic mass is 35.5. The fourth-order valence-electron chi connectivity index (χ4n) is 1.21. The van der Waals surface area contributed by atoms with Crippen LogP contribution in [-0.4, -0.2) is 23.6 Å². The van der Waals surface area contributed by atoms with Crippen LogP contribution in [0.3, 0.4) is 0 Å². The minimum atomic E-state index is -0.855. The van der Waals surface area contributed by atoms with Gasteiger partial charge in [-0.05, 0) is 5.56 Å². The summed E-state index contributed by atoms with van der Waals surface area (Å²) in [5.41, 5.74) is 0.696. The van der Waals surface area contributed by atoms with Gasteiger partial charge in [0.1, 0.15) is 0 Å². The van der Waals surface area contributed by atoms with Crippen LogP contribution in [0.25, 0.3) is 0 Å². The van der Waals surface area contributed by atoms with Gasteiger partial charge in [-0.15, -0.1) is 11.6 Å². The van der Waals surface area contributed by atoms with Crippen LogP contribution < -0.4 is 0 Å². The van der Waals surface area contributed by atoms with Gasteiger partial charge in [0, 0.05) is 0 Å². The zero-order valence-corrected chi connectivity index (χ0v) is 9.15. The Balaban J connectivity index is 2.61. The van der Waals surface area contributed by atoms with Crippen LogP contribution in [0.5, 0.6) is 0 Å². The molecule has 0 saturated heterocycles. The molecule has 0 aliphatic heterocycles. The molecule has 0 radical (unpaired) electrons. The average molecular weight is 229 g/mol. The number of halogens is 1. The van der Waals surface area contributed by atoms with Crippen LogP contribution in [-0.2, 0) is 9.53 Å². The van der Waals surface area contributed by atoms with Crippen LogP contribution >= 0.6 is 11.6 Å². The van der Waals surface area contributed by atoms with Crippen molar-refractivity contribution in [2.75, 3.05) is 7.11 Å². The van der Waals surface area contributed by atoms with Crippen molar-refractivity contribution in [2.45, 2.75) is 17.9 Å². The second kappa shape index (κ2) is 5.73. The summed E-state index contributed by atoms with van der Waals surface area (Å²) in [6.45, 7) is 0. The van der Waals surface area contributed by atoms with Crippen LogP contribution in [0.15, 0.2) is 30.3 Å². The number of benzene rings is 1. The molecule has 0 aliphatic carbocycles. The van der Waals surface area contributed by atoms with E-state index < -0.39 is 17.5 Å². The predicted octanol–water partition coefficient (Wildman–Crippen LogP) is 1.89. The molecular formula is C11H13ClO3. The van der Waals surface area contributed by atoms with Gasteiger partial charge in [-0.3, -0.25) is 4.79 Å². The van der Waals surface area contributed by atoms with Crippen molar-refractivity contribution in [3.05, 3.63) is 35.9 Å². The first-order chi connectivity index (χ1) is 7.15. The number of carbonyl (C=O) groups excluding carboxylic acids is 1. The molecule has 0 amide bonds. The zero-order chi connectivity index (χ0) is 11.3. The van der Waals surface area contributed by atoms with Gasteiger partial charge in [0.2, 0.25) is 0 Å². The SMILES string of the molecule is COC(=O)C[C@@H](Cl)[C@H](O)c1ccccc1. The highest BCUT2D eigenvalue weighted by Crippen LogP contribution is 2.23. The van der Waals surface area contributed by atoms with Crippen molar-refractivity contribution < 1.29 is 14.6 Å². The Kier molecular flexibility index (Phi) is 4.59. The van der Waals surface area contributed by atoms with Crippen molar-refractivity contribution in [2.24, 2.45) is 0 Å². The molecule has 0 spiro atoms. The second-order valence-electron chi connectivity index (χ2n) is 3.15. The topological polar surface area (TPSA) is 46.5 Å². The van der Waals surface area contributed by atoms with Gasteiger partial charge < -0.3 is 9.84 Å². The lowest BCUT2D eigenvalue weighted by atomic mass is 10.0. The third-order valence-corrected chi connectivity index (χ3v) is 2.47. The molecule has 1 N–H and O–H groups in total. The molecule has 1 aromatic carbocycles. The summed E-state index contributed by atoms with van der Waals surface area (Å²) >= 11 is 5.89. The van der Waals surface area contributed by atoms with Crippen molar-refractivity contribution in [3.8, 4) is 0 Å². The molecule has 0 unspecified atom stereocenters. The fraction of sp³-hybridized carbons (Fsp3) is 0.364. The summed E-state index contributed by atoms with van der Waals surface area (Å²) in [4.78, 5) is 10.9. The fourth-order valence-corrected chi connectivity index (χ4v) is 1.48. The van der Waals surface area contributed by atoms with Crippen LogP contribution in [0.4, 0.5) is 0 Å². The van der Waals surface area contributed by atoms with Gasteiger partial charge in [-0.1, -0.05) is 30.3 Å². The molecular weight excluding hydrogens is 216 g/mol. The maximum Gasteiger partial charge on any atom is 0.307 e. The van der Waals surface area contributed by atoms with E-state index in [1.54, 1.807) is 24.3 Å². The highest BCUT2D eigenvalue weighted by Gasteiger charge is 2.21. The summed E-state index contributed by atoms with van der Waals surface area (Å²) in [7, 11) is 1.29. The minimum absolute atomic E-state index is 0.00584. The van der Waals surface area contributed by atoms with E-state index >= 15 is 0 Å². The Morgan fingerprint density at radius 2 is 2.07 bits per heavy atom. The number of carbonyl (C=O) groups is 1. The largest absolute Gasteiger partial charge is 0.469 e. The number of hydrogen-bond acceptors (Lipinski definition) is 3. The number of aliphatic hydroxyl groups is 1. The minimum Gasteiger partial charge on any atom is -0.469 e. The van der Waals surface area contributed by atoms with E-state index in [9.17, 15) is 9.90 Å². The van der Waals surface area contributed by atoms with Gasteiger partial charge in [-0.25, -0.2) is 0 Å². The first-order valence-corrected chi connectivity index (χ1v) is 5.02. The van der Waals surface area contributed by atoms with E-state index in [-0.39, 0.29) is 6.42 Å². The molecule has 0 aromatic heterocycles. The predicted molar refractivity (Wildman–Crippen MR) is 57.7 cm³/mol. The van der Waals surface area contributed by atoms with Gasteiger partial charge in [-0.2, -0.15) is 0 Å². The smallest absolute Gasteiger partial charge is 0.307 e. The zero-order valence-electron chi connectivity index (χ0n) is 8.39. The monoisotopic (exact) mass is 228 g/mol. The number of esters is 1. The molecule has 0 bridgehead atoms. The lowest BCUT2D eigenvalue weighted by Crippen LogP contribution is -2.17. The first-order valence-electron chi connectivity index (χ1n) is 4.59. The standard InChI is InChI=1S/C11H13ClO3/c1-15-10(13)7-9(12)11(14)8-5-3-2-4-6-8/h2-6,9,11,14H,7H2,1H3/t9-,11-/m1/s1. The summed E-state index contributed by atoms with van der Waals surface area (Å²) in [5, 5.41) is 9.13. The van der Waals surface area contributed by atoms with Gasteiger partial charge in [0.25, 0.3) is 0 Å². The molecule has 15 heavy (non-hydrogen) atoms. The van der Waals surface area contributed by atoms with Crippen molar-refractivity contribution in [1.82, 2.24) is 0 Å². The van der Waals surface area contributed by atoms with E-state index in [1.807, 2.05) is 6.07 Å². The van der Waals surface area contributed by atoms with Crippen molar-refractivity contribution >= 4 is 17.6 Å². The Morgan fingerprint density at radius 3 is 2.60 bits per heavy atom. The number of aliphatic hydroxyl groups excluding tert-OH is 1. The van der Waals surface area contributed by atoms with Gasteiger partial charge in [0.15, 0.2) is 0 Å². The summed E-state index contributed by atoms with van der Waals surface area (Å²) in [6.07, 6.45) is -0.860. The number of hydrogen-bond donors (Lipinski definition) is 1. The lowest BCUT2D eigenvalue weighted by molar-refractivity contribution is -0.141. The number of rotatable bonds is 4. The first kappa shape index (κ1) is 12.0. The third-order valence-electron chi connectivity index (χ3n) is 2.07. The van der Waals surface area contributed by atoms with E-state index in [4.69, 9.17) is 11.6 Å². The Morgan fingerprint density at radius 1 is 1.47 bits per heavy atom. The normalized spacial score (nSPS) is 14.3. The average Bonchev–Trinajstić information content (AvgIpc) is 2.29. The molecule has 0 fully saturated rings. The molecule has 1 aromatic rings. The molecule has 4 heteroatoms. The van der Waals surface area contributed by atoms with E-state index in [2.05, 4.69) is 4.74 Å². The number of alkyl halides is 1. The highest BCUT2D eigenvalue weighted by molar-refractivity contribution is 6.22. The van der Waals surface area contributed by atoms with Crippen LogP contribution in [0.1, 0.15) is 18.1 Å². The van der Waals surface area contributed by atoms with E-state index in [1.165, 1.54) is 7.11 Å². The summed E-state index contributed by atoms with van der Waals surface area (Å²) in [5.74, 6) is -0.426. The Labute approximate surface area is 93.6 Å². The number of methoxy groups -OCH3 is 1. The van der Waals surface area contributed by atoms with Gasteiger partial charge in [0.05, 0.1) is 25.0 Å². The molecule has 82 valence electrons. The summed E-state index contributed by atoms with van der Waals surface area (Å²) in [6, 6.07) is 8.98. The molecule has 2 atom stereocenters. The third kappa shape index (κ3) is 3.53. The second-order valence-corrected chi connectivity index (χ2v) is 3.71.